The van der Waals surface area contributed by atoms with Crippen LogP contribution >= 0.6 is 0 Å². The molecule has 0 spiro atoms. The number of methoxy groups -OCH3 is 1. The number of allylic oxidation sites excluding steroid dienone is 2. The lowest BCUT2D eigenvalue weighted by Crippen LogP contribution is -2.33. The summed E-state index contributed by atoms with van der Waals surface area (Å²) in [5.41, 5.74) is 0.470. The molecule has 0 saturated heterocycles. The number of hydrogen-bond acceptors (Lipinski definition) is 5. The zero-order valence-corrected chi connectivity index (χ0v) is 15.8. The molecule has 26 heavy (non-hydrogen) atoms. The molecule has 6 nitrogen and oxygen atoms in total. The zero-order valence-electron chi connectivity index (χ0n) is 15.8. The average Bonchev–Trinajstić information content (AvgIpc) is 2.57. The maximum Gasteiger partial charge on any atom is 0.407 e. The standard InChI is InChI=1S/C20H27NO5/c1-20(2,3)26-19(23)21-14-7-15-25-18(22)9-6-5-8-16-10-12-17(24-4)13-11-16/h5-6,8-13H,7,14-15H2,1-4H3,(H,21,23)/b8-5+,9-6+. The van der Waals surface area contributed by atoms with Crippen LogP contribution in [0.4, 0.5) is 4.79 Å². The first kappa shape index (κ1) is 21.3. The van der Waals surface area contributed by atoms with Crippen LogP contribution in [0.3, 0.4) is 0 Å². The molecule has 1 aromatic rings. The highest BCUT2D eigenvalue weighted by Crippen LogP contribution is 2.12. The van der Waals surface area contributed by atoms with Crippen molar-refractivity contribution in [1.29, 1.82) is 0 Å². The van der Waals surface area contributed by atoms with Crippen molar-refractivity contribution in [3.05, 3.63) is 48.1 Å². The quantitative estimate of drug-likeness (QED) is 0.331. The Morgan fingerprint density at radius 3 is 2.42 bits per heavy atom. The molecule has 0 aliphatic carbocycles. The summed E-state index contributed by atoms with van der Waals surface area (Å²) >= 11 is 0. The van der Waals surface area contributed by atoms with Crippen molar-refractivity contribution in [2.45, 2.75) is 32.8 Å². The van der Waals surface area contributed by atoms with Gasteiger partial charge in [-0.15, -0.1) is 0 Å². The number of benzene rings is 1. The maximum absolute atomic E-state index is 11.6. The first-order chi connectivity index (χ1) is 12.3. The van der Waals surface area contributed by atoms with Crippen molar-refractivity contribution in [3.63, 3.8) is 0 Å². The largest absolute Gasteiger partial charge is 0.497 e. The molecule has 0 radical (unpaired) electrons. The van der Waals surface area contributed by atoms with E-state index in [1.807, 2.05) is 30.3 Å². The minimum absolute atomic E-state index is 0.223. The Morgan fingerprint density at radius 1 is 1.12 bits per heavy atom. The Labute approximate surface area is 154 Å². The van der Waals surface area contributed by atoms with E-state index in [0.717, 1.165) is 11.3 Å². The van der Waals surface area contributed by atoms with E-state index in [4.69, 9.17) is 14.2 Å². The van der Waals surface area contributed by atoms with Crippen molar-refractivity contribution >= 4 is 18.1 Å². The molecule has 0 aliphatic heterocycles. The van der Waals surface area contributed by atoms with Gasteiger partial charge in [0.1, 0.15) is 11.4 Å². The minimum atomic E-state index is -0.527. The molecule has 1 aromatic carbocycles. The van der Waals surface area contributed by atoms with Gasteiger partial charge in [-0.05, 0) is 44.9 Å². The lowest BCUT2D eigenvalue weighted by Gasteiger charge is -2.19. The molecule has 1 amide bonds. The van der Waals surface area contributed by atoms with E-state index in [2.05, 4.69) is 5.32 Å². The van der Waals surface area contributed by atoms with Crippen LogP contribution in [0.25, 0.3) is 6.08 Å². The van der Waals surface area contributed by atoms with Gasteiger partial charge in [0.2, 0.25) is 0 Å². The number of nitrogens with one attached hydrogen (secondary N) is 1. The summed E-state index contributed by atoms with van der Waals surface area (Å²) in [4.78, 5) is 23.0. The van der Waals surface area contributed by atoms with Gasteiger partial charge in [0.25, 0.3) is 0 Å². The van der Waals surface area contributed by atoms with Crippen LogP contribution in [0.2, 0.25) is 0 Å². The highest BCUT2D eigenvalue weighted by molar-refractivity contribution is 5.82. The van der Waals surface area contributed by atoms with Crippen molar-refractivity contribution in [2.24, 2.45) is 0 Å². The topological polar surface area (TPSA) is 73.9 Å². The summed E-state index contributed by atoms with van der Waals surface area (Å²) in [7, 11) is 1.62. The predicted molar refractivity (Wildman–Crippen MR) is 101 cm³/mol. The smallest absolute Gasteiger partial charge is 0.407 e. The molecular formula is C20H27NO5. The summed E-state index contributed by atoms with van der Waals surface area (Å²) in [6, 6.07) is 7.56. The monoisotopic (exact) mass is 361 g/mol. The highest BCUT2D eigenvalue weighted by Gasteiger charge is 2.15. The molecule has 0 bridgehead atoms. The number of hydrogen-bond donors (Lipinski definition) is 1. The van der Waals surface area contributed by atoms with Crippen LogP contribution in [0, 0.1) is 0 Å². The van der Waals surface area contributed by atoms with Gasteiger partial charge in [0, 0.05) is 12.6 Å². The second-order valence-electron chi connectivity index (χ2n) is 6.44. The van der Waals surface area contributed by atoms with E-state index in [9.17, 15) is 9.59 Å². The van der Waals surface area contributed by atoms with Gasteiger partial charge < -0.3 is 19.5 Å². The van der Waals surface area contributed by atoms with Crippen molar-refractivity contribution in [2.75, 3.05) is 20.3 Å². The Bertz CT molecular complexity index is 627. The summed E-state index contributed by atoms with van der Waals surface area (Å²) in [5, 5.41) is 2.60. The third-order valence-corrected chi connectivity index (χ3v) is 2.98. The van der Waals surface area contributed by atoms with E-state index >= 15 is 0 Å². The molecule has 0 atom stereocenters. The Kier molecular flexibility index (Phi) is 8.98. The third kappa shape index (κ3) is 10.2. The lowest BCUT2D eigenvalue weighted by atomic mass is 10.2. The summed E-state index contributed by atoms with van der Waals surface area (Å²) in [6.07, 6.45) is 6.63. The number of alkyl carbamates (subject to hydrolysis) is 1. The third-order valence-electron chi connectivity index (χ3n) is 2.98. The van der Waals surface area contributed by atoms with Gasteiger partial charge in [-0.2, -0.15) is 0 Å². The summed E-state index contributed by atoms with van der Waals surface area (Å²) in [5.74, 6) is 0.365. The molecule has 0 aliphatic rings. The van der Waals surface area contributed by atoms with Crippen LogP contribution in [-0.2, 0) is 14.3 Å². The van der Waals surface area contributed by atoms with Gasteiger partial charge in [-0.25, -0.2) is 9.59 Å². The average molecular weight is 361 g/mol. The van der Waals surface area contributed by atoms with Gasteiger partial charge >= 0.3 is 12.1 Å². The first-order valence-electron chi connectivity index (χ1n) is 8.42. The Hall–Kier alpha value is -2.76. The second-order valence-corrected chi connectivity index (χ2v) is 6.44. The van der Waals surface area contributed by atoms with Crippen LogP contribution in [-0.4, -0.2) is 37.9 Å². The SMILES string of the molecule is COc1ccc(/C=C/C=C/C(=O)OCCCNC(=O)OC(C)(C)C)cc1. The minimum Gasteiger partial charge on any atom is -0.497 e. The molecule has 1 rings (SSSR count). The molecule has 0 fully saturated rings. The number of carbonyl (C=O) groups excluding carboxylic acids is 2. The molecule has 0 unspecified atom stereocenters. The number of esters is 1. The number of amides is 1. The van der Waals surface area contributed by atoms with Crippen molar-refractivity contribution in [3.8, 4) is 5.75 Å². The molecule has 0 aromatic heterocycles. The fourth-order valence-electron chi connectivity index (χ4n) is 1.81. The Balaban J connectivity index is 2.18. The van der Waals surface area contributed by atoms with Crippen LogP contribution in [0.1, 0.15) is 32.8 Å². The normalized spacial score (nSPS) is 11.5. The van der Waals surface area contributed by atoms with Crippen LogP contribution in [0.5, 0.6) is 5.75 Å². The number of ether oxygens (including phenoxy) is 3. The van der Waals surface area contributed by atoms with Crippen LogP contribution in [0.15, 0.2) is 42.5 Å². The predicted octanol–water partition coefficient (Wildman–Crippen LogP) is 3.72. The number of rotatable bonds is 8. The van der Waals surface area contributed by atoms with Crippen molar-refractivity contribution in [1.82, 2.24) is 5.32 Å². The maximum atomic E-state index is 11.6. The van der Waals surface area contributed by atoms with E-state index in [1.165, 1.54) is 6.08 Å². The summed E-state index contributed by atoms with van der Waals surface area (Å²) in [6.45, 7) is 5.99. The van der Waals surface area contributed by atoms with Crippen LogP contribution < -0.4 is 10.1 Å². The summed E-state index contributed by atoms with van der Waals surface area (Å²) < 4.78 is 15.2. The van der Waals surface area contributed by atoms with Gasteiger partial charge in [0.05, 0.1) is 13.7 Å². The molecule has 6 heteroatoms. The highest BCUT2D eigenvalue weighted by atomic mass is 16.6. The van der Waals surface area contributed by atoms with Gasteiger partial charge in [-0.1, -0.05) is 30.4 Å². The van der Waals surface area contributed by atoms with Gasteiger partial charge in [0.15, 0.2) is 0 Å². The molecule has 1 N–H and O–H groups in total. The van der Waals surface area contributed by atoms with E-state index in [0.29, 0.717) is 13.0 Å². The lowest BCUT2D eigenvalue weighted by molar-refractivity contribution is -0.137. The second kappa shape index (κ2) is 11.0. The Morgan fingerprint density at radius 2 is 1.81 bits per heavy atom. The fourth-order valence-corrected chi connectivity index (χ4v) is 1.81. The molecule has 0 heterocycles. The molecule has 0 saturated carbocycles. The van der Waals surface area contributed by atoms with E-state index in [1.54, 1.807) is 40.0 Å². The molecular weight excluding hydrogens is 334 g/mol. The van der Waals surface area contributed by atoms with Crippen molar-refractivity contribution < 1.29 is 23.8 Å². The van der Waals surface area contributed by atoms with E-state index < -0.39 is 17.7 Å². The van der Waals surface area contributed by atoms with Gasteiger partial charge in [-0.3, -0.25) is 0 Å². The number of carbonyl (C=O) groups is 2. The van der Waals surface area contributed by atoms with E-state index in [-0.39, 0.29) is 6.61 Å². The molecule has 142 valence electrons. The fraction of sp³-hybridized carbons (Fsp3) is 0.400. The first-order valence-corrected chi connectivity index (χ1v) is 8.42. The zero-order chi connectivity index (χ0) is 19.4.